The number of piperidine rings is 1. The van der Waals surface area contributed by atoms with Crippen LogP contribution >= 0.6 is 11.6 Å². The number of halogens is 4. The maximum atomic E-state index is 13.1. The van der Waals surface area contributed by atoms with Gasteiger partial charge in [0.1, 0.15) is 6.54 Å². The number of carbonyl (C=O) groups is 3. The van der Waals surface area contributed by atoms with Crippen LogP contribution in [0.5, 0.6) is 0 Å². The SMILES string of the molecule is C[C@@H]1CCC[C@@H](C)N1C(=O)c1cc(Cl)ccc1NC(=O)C(=O)N(C)CC(F)(F)F. The smallest absolute Gasteiger partial charge is 0.333 e. The minimum absolute atomic E-state index is 0.0168. The number of benzene rings is 1. The van der Waals surface area contributed by atoms with Crippen molar-refractivity contribution in [2.45, 2.75) is 51.4 Å². The molecule has 1 aromatic carbocycles. The molecule has 1 saturated heterocycles. The number of carbonyl (C=O) groups excluding carboxylic acids is 3. The summed E-state index contributed by atoms with van der Waals surface area (Å²) in [6.45, 7) is 2.28. The van der Waals surface area contributed by atoms with Crippen molar-refractivity contribution in [3.8, 4) is 0 Å². The molecule has 6 nitrogen and oxygen atoms in total. The molecule has 1 N–H and O–H groups in total. The first-order valence-corrected chi connectivity index (χ1v) is 9.54. The lowest BCUT2D eigenvalue weighted by molar-refractivity contribution is -0.161. The fraction of sp³-hybridized carbons (Fsp3) is 0.526. The predicted molar refractivity (Wildman–Crippen MR) is 103 cm³/mol. The molecule has 0 aromatic heterocycles. The van der Waals surface area contributed by atoms with Gasteiger partial charge in [-0.05, 0) is 51.3 Å². The summed E-state index contributed by atoms with van der Waals surface area (Å²) in [5.74, 6) is -3.00. The fourth-order valence-electron chi connectivity index (χ4n) is 3.45. The van der Waals surface area contributed by atoms with Gasteiger partial charge in [0.05, 0.1) is 11.3 Å². The largest absolute Gasteiger partial charge is 0.406 e. The van der Waals surface area contributed by atoms with Crippen molar-refractivity contribution in [3.05, 3.63) is 28.8 Å². The first-order valence-electron chi connectivity index (χ1n) is 9.16. The van der Waals surface area contributed by atoms with E-state index in [0.717, 1.165) is 26.3 Å². The van der Waals surface area contributed by atoms with Crippen molar-refractivity contribution >= 4 is 35.0 Å². The Morgan fingerprint density at radius 2 is 1.79 bits per heavy atom. The van der Waals surface area contributed by atoms with E-state index in [2.05, 4.69) is 5.32 Å². The van der Waals surface area contributed by atoms with Crippen molar-refractivity contribution in [2.75, 3.05) is 18.9 Å². The van der Waals surface area contributed by atoms with E-state index in [1.165, 1.54) is 18.2 Å². The summed E-state index contributed by atoms with van der Waals surface area (Å²) >= 11 is 6.01. The van der Waals surface area contributed by atoms with Crippen molar-refractivity contribution in [1.82, 2.24) is 9.80 Å². The van der Waals surface area contributed by atoms with Crippen LogP contribution in [0.15, 0.2) is 18.2 Å². The molecule has 29 heavy (non-hydrogen) atoms. The highest BCUT2D eigenvalue weighted by atomic mass is 35.5. The van der Waals surface area contributed by atoms with Gasteiger partial charge < -0.3 is 15.1 Å². The van der Waals surface area contributed by atoms with E-state index >= 15 is 0 Å². The van der Waals surface area contributed by atoms with Gasteiger partial charge in [0.2, 0.25) is 0 Å². The molecule has 10 heteroatoms. The Kier molecular flexibility index (Phi) is 7.15. The van der Waals surface area contributed by atoms with Crippen LogP contribution in [-0.2, 0) is 9.59 Å². The van der Waals surface area contributed by atoms with Gasteiger partial charge in [0, 0.05) is 24.2 Å². The Hall–Kier alpha value is -2.29. The van der Waals surface area contributed by atoms with E-state index < -0.39 is 24.5 Å². The van der Waals surface area contributed by atoms with Gasteiger partial charge in [0.15, 0.2) is 0 Å². The Morgan fingerprint density at radius 1 is 1.21 bits per heavy atom. The standard InChI is InChI=1S/C19H23ClF3N3O3/c1-11-5-4-6-12(2)26(11)17(28)14-9-13(20)7-8-15(14)24-16(27)18(29)25(3)10-19(21,22)23/h7-9,11-12H,4-6,10H2,1-3H3,(H,24,27)/t11-,12-/m1/s1. The van der Waals surface area contributed by atoms with Crippen molar-refractivity contribution < 1.29 is 27.6 Å². The summed E-state index contributed by atoms with van der Waals surface area (Å²) < 4.78 is 37.4. The minimum Gasteiger partial charge on any atom is -0.333 e. The summed E-state index contributed by atoms with van der Waals surface area (Å²) in [7, 11) is 0.875. The van der Waals surface area contributed by atoms with Crippen LogP contribution in [-0.4, -0.2) is 59.4 Å². The maximum absolute atomic E-state index is 13.1. The molecule has 1 aliphatic rings. The first-order chi connectivity index (χ1) is 13.4. The molecule has 3 amide bonds. The number of hydrogen-bond acceptors (Lipinski definition) is 3. The van der Waals surface area contributed by atoms with Gasteiger partial charge >= 0.3 is 18.0 Å². The first kappa shape index (κ1) is 23.0. The van der Waals surface area contributed by atoms with E-state index in [-0.39, 0.29) is 39.2 Å². The molecule has 0 saturated carbocycles. The van der Waals surface area contributed by atoms with Gasteiger partial charge in [-0.3, -0.25) is 14.4 Å². The Bertz CT molecular complexity index is 791. The van der Waals surface area contributed by atoms with Crippen LogP contribution < -0.4 is 5.32 Å². The van der Waals surface area contributed by atoms with Crippen LogP contribution in [0.2, 0.25) is 5.02 Å². The summed E-state index contributed by atoms with van der Waals surface area (Å²) in [4.78, 5) is 39.2. The number of nitrogens with zero attached hydrogens (tertiary/aromatic N) is 2. The summed E-state index contributed by atoms with van der Waals surface area (Å²) in [6, 6.07) is 4.10. The number of likely N-dealkylation sites (tertiary alicyclic amines) is 1. The van der Waals surface area contributed by atoms with Crippen LogP contribution in [0.25, 0.3) is 0 Å². The minimum atomic E-state index is -4.63. The zero-order valence-corrected chi connectivity index (χ0v) is 17.1. The quantitative estimate of drug-likeness (QED) is 0.739. The molecular formula is C19H23ClF3N3O3. The Balaban J connectivity index is 2.25. The normalized spacial score (nSPS) is 19.6. The molecule has 0 bridgehead atoms. The van der Waals surface area contributed by atoms with Crippen LogP contribution in [0.3, 0.4) is 0 Å². The monoisotopic (exact) mass is 433 g/mol. The van der Waals surface area contributed by atoms with E-state index in [4.69, 9.17) is 11.6 Å². The van der Waals surface area contributed by atoms with Gasteiger partial charge in [-0.1, -0.05) is 11.6 Å². The highest BCUT2D eigenvalue weighted by Gasteiger charge is 2.34. The molecule has 2 rings (SSSR count). The number of alkyl halides is 3. The number of likely N-dealkylation sites (N-methyl/N-ethyl adjacent to an activating group) is 1. The molecule has 0 radical (unpaired) electrons. The highest BCUT2D eigenvalue weighted by Crippen LogP contribution is 2.29. The number of nitrogens with one attached hydrogen (secondary N) is 1. The van der Waals surface area contributed by atoms with Crippen molar-refractivity contribution in [1.29, 1.82) is 0 Å². The molecule has 0 unspecified atom stereocenters. The molecule has 1 aliphatic heterocycles. The summed E-state index contributed by atoms with van der Waals surface area (Å²) in [5.41, 5.74) is 0.0980. The second kappa shape index (κ2) is 9.02. The maximum Gasteiger partial charge on any atom is 0.406 e. The molecule has 1 heterocycles. The Labute approximate surface area is 172 Å². The van der Waals surface area contributed by atoms with E-state index in [9.17, 15) is 27.6 Å². The van der Waals surface area contributed by atoms with Crippen LogP contribution in [0, 0.1) is 0 Å². The van der Waals surface area contributed by atoms with E-state index in [0.29, 0.717) is 0 Å². The van der Waals surface area contributed by atoms with Crippen LogP contribution in [0.4, 0.5) is 18.9 Å². The molecule has 0 spiro atoms. The molecule has 1 fully saturated rings. The van der Waals surface area contributed by atoms with Crippen molar-refractivity contribution in [2.24, 2.45) is 0 Å². The molecule has 0 aliphatic carbocycles. The third-order valence-electron chi connectivity index (χ3n) is 4.85. The van der Waals surface area contributed by atoms with Gasteiger partial charge in [0.25, 0.3) is 5.91 Å². The molecular weight excluding hydrogens is 411 g/mol. The van der Waals surface area contributed by atoms with Crippen molar-refractivity contribution in [3.63, 3.8) is 0 Å². The van der Waals surface area contributed by atoms with E-state index in [1.807, 2.05) is 13.8 Å². The second-order valence-electron chi connectivity index (χ2n) is 7.26. The molecule has 160 valence electrons. The Morgan fingerprint density at radius 3 is 2.34 bits per heavy atom. The average molecular weight is 434 g/mol. The predicted octanol–water partition coefficient (Wildman–Crippen LogP) is 3.70. The zero-order valence-electron chi connectivity index (χ0n) is 16.3. The number of anilines is 1. The topological polar surface area (TPSA) is 69.7 Å². The lowest BCUT2D eigenvalue weighted by Crippen LogP contribution is -2.47. The van der Waals surface area contributed by atoms with Crippen LogP contribution in [0.1, 0.15) is 43.5 Å². The summed E-state index contributed by atoms with van der Waals surface area (Å²) in [6.07, 6.45) is -1.98. The number of hydrogen-bond donors (Lipinski definition) is 1. The molecule has 1 aromatic rings. The average Bonchev–Trinajstić information content (AvgIpc) is 2.60. The molecule has 2 atom stereocenters. The summed E-state index contributed by atoms with van der Waals surface area (Å²) in [5, 5.41) is 2.50. The third-order valence-corrected chi connectivity index (χ3v) is 5.08. The fourth-order valence-corrected chi connectivity index (χ4v) is 3.63. The number of amides is 3. The third kappa shape index (κ3) is 5.85. The highest BCUT2D eigenvalue weighted by molar-refractivity contribution is 6.40. The lowest BCUT2D eigenvalue weighted by Gasteiger charge is -2.39. The number of rotatable bonds is 3. The van der Waals surface area contributed by atoms with Gasteiger partial charge in [-0.25, -0.2) is 0 Å². The van der Waals surface area contributed by atoms with Gasteiger partial charge in [-0.15, -0.1) is 0 Å². The zero-order chi connectivity index (χ0) is 21.9. The van der Waals surface area contributed by atoms with E-state index in [1.54, 1.807) is 4.90 Å². The second-order valence-corrected chi connectivity index (χ2v) is 7.70. The lowest BCUT2D eigenvalue weighted by atomic mass is 9.96. The van der Waals surface area contributed by atoms with Gasteiger partial charge in [-0.2, -0.15) is 13.2 Å².